The van der Waals surface area contributed by atoms with Crippen LogP contribution >= 0.6 is 15.9 Å². The fraction of sp³-hybridized carbons (Fsp3) is 0.467. The van der Waals surface area contributed by atoms with Crippen LogP contribution in [0, 0.1) is 5.92 Å². The van der Waals surface area contributed by atoms with E-state index in [0.717, 1.165) is 22.9 Å². The van der Waals surface area contributed by atoms with E-state index >= 15 is 0 Å². The Morgan fingerprint density at radius 2 is 2.00 bits per heavy atom. The van der Waals surface area contributed by atoms with Gasteiger partial charge in [-0.05, 0) is 36.5 Å². The SMILES string of the molecule is CN(Cc1ccc(Br)cc1)C(=O)NC(CC(=O)O)C1CC1. The Bertz CT molecular complexity index is 514. The number of carboxylic acid groups (broad SMARTS) is 1. The van der Waals surface area contributed by atoms with Crippen molar-refractivity contribution in [3.05, 3.63) is 34.3 Å². The zero-order chi connectivity index (χ0) is 15.4. The van der Waals surface area contributed by atoms with Gasteiger partial charge in [0.1, 0.15) is 0 Å². The van der Waals surface area contributed by atoms with Gasteiger partial charge >= 0.3 is 12.0 Å². The summed E-state index contributed by atoms with van der Waals surface area (Å²) in [5.74, 6) is -0.561. The lowest BCUT2D eigenvalue weighted by Gasteiger charge is -2.22. The van der Waals surface area contributed by atoms with Crippen molar-refractivity contribution >= 4 is 27.9 Å². The minimum atomic E-state index is -0.872. The summed E-state index contributed by atoms with van der Waals surface area (Å²) in [6, 6.07) is 7.27. The summed E-state index contributed by atoms with van der Waals surface area (Å²) < 4.78 is 0.994. The number of hydrogen-bond acceptors (Lipinski definition) is 2. The van der Waals surface area contributed by atoms with Crippen LogP contribution in [0.25, 0.3) is 0 Å². The molecule has 0 bridgehead atoms. The Labute approximate surface area is 132 Å². The predicted octanol–water partition coefficient (Wildman–Crippen LogP) is 2.84. The zero-order valence-electron chi connectivity index (χ0n) is 11.9. The molecular weight excluding hydrogens is 336 g/mol. The fourth-order valence-corrected chi connectivity index (χ4v) is 2.49. The molecule has 5 nitrogen and oxygen atoms in total. The number of carbonyl (C=O) groups excluding carboxylic acids is 1. The minimum absolute atomic E-state index is 0.0114. The summed E-state index contributed by atoms with van der Waals surface area (Å²) in [6.07, 6.45) is 1.98. The van der Waals surface area contributed by atoms with Crippen LogP contribution < -0.4 is 5.32 Å². The van der Waals surface area contributed by atoms with Crippen LogP contribution in [0.3, 0.4) is 0 Å². The smallest absolute Gasteiger partial charge is 0.317 e. The van der Waals surface area contributed by atoms with Gasteiger partial charge in [-0.15, -0.1) is 0 Å². The van der Waals surface area contributed by atoms with Gasteiger partial charge in [-0.2, -0.15) is 0 Å². The molecule has 0 heterocycles. The van der Waals surface area contributed by atoms with Crippen molar-refractivity contribution in [2.75, 3.05) is 7.05 Å². The second-order valence-corrected chi connectivity index (χ2v) is 6.39. The molecule has 0 saturated heterocycles. The standard InChI is InChI=1S/C15H19BrN2O3/c1-18(9-10-2-6-12(16)7-3-10)15(21)17-13(8-14(19)20)11-4-5-11/h2-3,6-7,11,13H,4-5,8-9H2,1H3,(H,17,21)(H,19,20). The number of nitrogens with zero attached hydrogens (tertiary/aromatic N) is 1. The number of carboxylic acids is 1. The van der Waals surface area contributed by atoms with Crippen molar-refractivity contribution in [3.8, 4) is 0 Å². The summed E-state index contributed by atoms with van der Waals surface area (Å²) in [5.41, 5.74) is 1.03. The Kier molecular flexibility index (Phi) is 5.22. The lowest BCUT2D eigenvalue weighted by atomic mass is 10.1. The summed E-state index contributed by atoms with van der Waals surface area (Å²) in [5, 5.41) is 11.7. The average molecular weight is 355 g/mol. The van der Waals surface area contributed by atoms with Crippen LogP contribution in [-0.2, 0) is 11.3 Å². The first-order valence-corrected chi connectivity index (χ1v) is 7.73. The third kappa shape index (κ3) is 5.04. The van der Waals surface area contributed by atoms with Crippen molar-refractivity contribution in [1.82, 2.24) is 10.2 Å². The van der Waals surface area contributed by atoms with E-state index in [1.807, 2.05) is 24.3 Å². The molecule has 1 fully saturated rings. The van der Waals surface area contributed by atoms with E-state index in [1.54, 1.807) is 11.9 Å². The average Bonchev–Trinajstić information content (AvgIpc) is 3.24. The van der Waals surface area contributed by atoms with E-state index in [4.69, 9.17) is 5.11 Å². The molecule has 1 atom stereocenters. The number of urea groups is 1. The topological polar surface area (TPSA) is 69.6 Å². The highest BCUT2D eigenvalue weighted by Crippen LogP contribution is 2.34. The molecule has 2 rings (SSSR count). The van der Waals surface area contributed by atoms with Gasteiger partial charge in [-0.25, -0.2) is 4.79 Å². The number of amides is 2. The molecule has 1 aromatic rings. The maximum Gasteiger partial charge on any atom is 0.317 e. The number of halogens is 1. The number of aliphatic carboxylic acids is 1. The van der Waals surface area contributed by atoms with Crippen LogP contribution in [0.5, 0.6) is 0 Å². The first-order chi connectivity index (χ1) is 9.95. The highest BCUT2D eigenvalue weighted by atomic mass is 79.9. The molecule has 0 radical (unpaired) electrons. The van der Waals surface area contributed by atoms with E-state index in [2.05, 4.69) is 21.2 Å². The second-order valence-electron chi connectivity index (χ2n) is 5.47. The number of carbonyl (C=O) groups is 2. The van der Waals surface area contributed by atoms with Crippen molar-refractivity contribution in [2.45, 2.75) is 31.8 Å². The van der Waals surface area contributed by atoms with Gasteiger partial charge in [-0.1, -0.05) is 28.1 Å². The van der Waals surface area contributed by atoms with Gasteiger partial charge in [-0.3, -0.25) is 4.79 Å². The summed E-state index contributed by atoms with van der Waals surface area (Å²) in [6.45, 7) is 0.490. The molecular formula is C15H19BrN2O3. The molecule has 2 N–H and O–H groups in total. The first kappa shape index (κ1) is 15.8. The summed E-state index contributed by atoms with van der Waals surface area (Å²) >= 11 is 3.37. The molecule has 2 amide bonds. The van der Waals surface area contributed by atoms with Crippen molar-refractivity contribution < 1.29 is 14.7 Å². The second kappa shape index (κ2) is 6.93. The third-order valence-electron chi connectivity index (χ3n) is 3.57. The van der Waals surface area contributed by atoms with Gasteiger partial charge in [0.25, 0.3) is 0 Å². The number of hydrogen-bond donors (Lipinski definition) is 2. The highest BCUT2D eigenvalue weighted by molar-refractivity contribution is 9.10. The highest BCUT2D eigenvalue weighted by Gasteiger charge is 2.34. The minimum Gasteiger partial charge on any atom is -0.481 e. The zero-order valence-corrected chi connectivity index (χ0v) is 13.5. The van der Waals surface area contributed by atoms with Crippen LogP contribution in [0.1, 0.15) is 24.8 Å². The van der Waals surface area contributed by atoms with Crippen molar-refractivity contribution in [3.63, 3.8) is 0 Å². The van der Waals surface area contributed by atoms with Crippen LogP contribution in [0.15, 0.2) is 28.7 Å². The molecule has 1 aliphatic carbocycles. The molecule has 0 spiro atoms. The Morgan fingerprint density at radius 1 is 1.38 bits per heavy atom. The summed E-state index contributed by atoms with van der Waals surface area (Å²) in [7, 11) is 1.71. The molecule has 0 aromatic heterocycles. The van der Waals surface area contributed by atoms with Crippen LogP contribution in [0.4, 0.5) is 4.79 Å². The Balaban J connectivity index is 1.88. The molecule has 1 unspecified atom stereocenters. The van der Waals surface area contributed by atoms with Gasteiger partial charge in [0, 0.05) is 24.1 Å². The molecule has 114 valence electrons. The lowest BCUT2D eigenvalue weighted by Crippen LogP contribution is -2.44. The van der Waals surface area contributed by atoms with Gasteiger partial charge in [0.15, 0.2) is 0 Å². The van der Waals surface area contributed by atoms with E-state index in [1.165, 1.54) is 0 Å². The van der Waals surface area contributed by atoms with E-state index in [0.29, 0.717) is 12.5 Å². The Morgan fingerprint density at radius 3 is 2.52 bits per heavy atom. The van der Waals surface area contributed by atoms with E-state index in [9.17, 15) is 9.59 Å². The van der Waals surface area contributed by atoms with Crippen molar-refractivity contribution in [2.24, 2.45) is 5.92 Å². The molecule has 1 aliphatic rings. The van der Waals surface area contributed by atoms with Crippen LogP contribution in [-0.4, -0.2) is 35.1 Å². The normalized spacial score (nSPS) is 15.3. The van der Waals surface area contributed by atoms with Crippen molar-refractivity contribution in [1.29, 1.82) is 0 Å². The van der Waals surface area contributed by atoms with Crippen LogP contribution in [0.2, 0.25) is 0 Å². The monoisotopic (exact) mass is 354 g/mol. The van der Waals surface area contributed by atoms with Gasteiger partial charge < -0.3 is 15.3 Å². The maximum absolute atomic E-state index is 12.2. The number of benzene rings is 1. The molecule has 21 heavy (non-hydrogen) atoms. The quantitative estimate of drug-likeness (QED) is 0.825. The fourth-order valence-electron chi connectivity index (χ4n) is 2.23. The van der Waals surface area contributed by atoms with Gasteiger partial charge in [0.2, 0.25) is 0 Å². The number of nitrogens with one attached hydrogen (secondary N) is 1. The van der Waals surface area contributed by atoms with E-state index < -0.39 is 5.97 Å². The Hall–Kier alpha value is -1.56. The molecule has 6 heteroatoms. The van der Waals surface area contributed by atoms with Gasteiger partial charge in [0.05, 0.1) is 6.42 Å². The summed E-state index contributed by atoms with van der Waals surface area (Å²) in [4.78, 5) is 24.6. The maximum atomic E-state index is 12.2. The molecule has 1 saturated carbocycles. The molecule has 0 aliphatic heterocycles. The lowest BCUT2D eigenvalue weighted by molar-refractivity contribution is -0.137. The predicted molar refractivity (Wildman–Crippen MR) is 82.9 cm³/mol. The first-order valence-electron chi connectivity index (χ1n) is 6.93. The number of rotatable bonds is 6. The molecule has 1 aromatic carbocycles. The van der Waals surface area contributed by atoms with E-state index in [-0.39, 0.29) is 18.5 Å². The largest absolute Gasteiger partial charge is 0.481 e. The third-order valence-corrected chi connectivity index (χ3v) is 4.10.